The molecule has 1 aliphatic carbocycles. The molecule has 0 radical (unpaired) electrons. The molecule has 0 unspecified atom stereocenters. The summed E-state index contributed by atoms with van der Waals surface area (Å²) < 4.78 is 40.8. The highest BCUT2D eigenvalue weighted by Gasteiger charge is 2.45. The maximum absolute atomic E-state index is 15.0. The highest BCUT2D eigenvalue weighted by atomic mass is 19.3. The first-order chi connectivity index (χ1) is 12.1. The van der Waals surface area contributed by atoms with Crippen LogP contribution >= 0.6 is 0 Å². The second-order valence-electron chi connectivity index (χ2n) is 5.89. The van der Waals surface area contributed by atoms with E-state index < -0.39 is 18.4 Å². The first kappa shape index (κ1) is 15.7. The zero-order valence-electron chi connectivity index (χ0n) is 13.0. The van der Waals surface area contributed by atoms with E-state index in [9.17, 15) is 0 Å². The molecule has 0 saturated carbocycles. The number of fused-ring (bicyclic) bond motifs is 3. The third-order valence-electron chi connectivity index (χ3n) is 4.49. The van der Waals surface area contributed by atoms with E-state index >= 15 is 8.78 Å². The van der Waals surface area contributed by atoms with Gasteiger partial charge in [-0.25, -0.2) is 22.8 Å². The fourth-order valence-corrected chi connectivity index (χ4v) is 3.29. The van der Waals surface area contributed by atoms with Crippen LogP contribution in [-0.4, -0.2) is 13.2 Å². The number of alkyl halides is 2. The third-order valence-corrected chi connectivity index (χ3v) is 4.49. The molecular formula is C19H12F2N2O2. The lowest BCUT2D eigenvalue weighted by atomic mass is 10.0. The van der Waals surface area contributed by atoms with Crippen LogP contribution in [0.25, 0.3) is 20.8 Å². The normalized spacial score (nSPS) is 17.8. The summed E-state index contributed by atoms with van der Waals surface area (Å²) in [5.74, 6) is -3.19. The van der Waals surface area contributed by atoms with Crippen molar-refractivity contribution in [3.8, 4) is 11.1 Å². The van der Waals surface area contributed by atoms with Crippen molar-refractivity contribution in [2.45, 2.75) is 18.4 Å². The summed E-state index contributed by atoms with van der Waals surface area (Å²) in [6, 6.07) is 9.22. The largest absolute Gasteiger partial charge is 0.502 e. The summed E-state index contributed by atoms with van der Waals surface area (Å²) in [7, 11) is 0. The van der Waals surface area contributed by atoms with Crippen molar-refractivity contribution in [2.75, 3.05) is 13.2 Å². The number of rotatable bonds is 2. The Kier molecular flexibility index (Phi) is 3.54. The smallest absolute Gasteiger partial charge is 0.346 e. The average Bonchev–Trinajstić information content (AvgIpc) is 3.23. The van der Waals surface area contributed by atoms with Crippen LogP contribution in [0.2, 0.25) is 0 Å². The van der Waals surface area contributed by atoms with Crippen molar-refractivity contribution in [3.63, 3.8) is 0 Å². The van der Waals surface area contributed by atoms with Gasteiger partial charge in [-0.1, -0.05) is 18.2 Å². The Balaban J connectivity index is 1.82. The van der Waals surface area contributed by atoms with Gasteiger partial charge in [-0.2, -0.15) is 8.78 Å². The average molecular weight is 338 g/mol. The summed E-state index contributed by atoms with van der Waals surface area (Å²) in [6.07, 6.45) is -1.71. The van der Waals surface area contributed by atoms with E-state index in [1.807, 2.05) is 0 Å². The fourth-order valence-electron chi connectivity index (χ4n) is 3.29. The molecule has 0 bridgehead atoms. The molecule has 6 heteroatoms. The van der Waals surface area contributed by atoms with E-state index in [1.165, 1.54) is 12.1 Å². The second-order valence-corrected chi connectivity index (χ2v) is 5.89. The van der Waals surface area contributed by atoms with Crippen LogP contribution in [0.4, 0.5) is 8.78 Å². The van der Waals surface area contributed by atoms with Gasteiger partial charge >= 0.3 is 6.17 Å². The van der Waals surface area contributed by atoms with Crippen molar-refractivity contribution in [1.29, 1.82) is 0 Å². The third kappa shape index (κ3) is 2.31. The second kappa shape index (κ2) is 5.63. The summed E-state index contributed by atoms with van der Waals surface area (Å²) in [4.78, 5) is 6.37. The minimum Gasteiger partial charge on any atom is -0.346 e. The Morgan fingerprint density at radius 1 is 0.960 bits per heavy atom. The molecule has 0 amide bonds. The molecule has 0 spiro atoms. The van der Waals surface area contributed by atoms with Gasteiger partial charge in [0.15, 0.2) is 6.29 Å². The van der Waals surface area contributed by atoms with E-state index in [4.69, 9.17) is 22.6 Å². The predicted molar refractivity (Wildman–Crippen MR) is 85.5 cm³/mol. The van der Waals surface area contributed by atoms with Crippen molar-refractivity contribution in [3.05, 3.63) is 81.5 Å². The molecule has 0 atom stereocenters. The van der Waals surface area contributed by atoms with Gasteiger partial charge in [0.2, 0.25) is 0 Å². The first-order valence-corrected chi connectivity index (χ1v) is 7.69. The number of ether oxygens (including phenoxy) is 2. The standard InChI is InChI=1S/C19H12F2N2O2/c1-22-17(23-2)11-3-5-13-14-6-4-12(18-24-7-8-25-18)10-16(14)19(20,21)15(13)9-11/h3-6,9-10,17-18H,7-8H2. The van der Waals surface area contributed by atoms with Crippen LogP contribution in [0.15, 0.2) is 36.4 Å². The van der Waals surface area contributed by atoms with E-state index in [2.05, 4.69) is 9.69 Å². The molecule has 25 heavy (non-hydrogen) atoms. The van der Waals surface area contributed by atoms with Crippen LogP contribution < -0.4 is 0 Å². The zero-order chi connectivity index (χ0) is 17.6. The van der Waals surface area contributed by atoms with E-state index in [0.29, 0.717) is 35.5 Å². The number of nitrogens with zero attached hydrogens (tertiary/aromatic N) is 2. The summed E-state index contributed by atoms with van der Waals surface area (Å²) in [6.45, 7) is 15.0. The molecule has 2 aromatic rings. The number of halogens is 2. The summed E-state index contributed by atoms with van der Waals surface area (Å²) in [5, 5.41) is 0. The topological polar surface area (TPSA) is 27.2 Å². The Morgan fingerprint density at radius 2 is 1.56 bits per heavy atom. The monoisotopic (exact) mass is 338 g/mol. The van der Waals surface area contributed by atoms with Crippen molar-refractivity contribution >= 4 is 0 Å². The van der Waals surface area contributed by atoms with Gasteiger partial charge in [0, 0.05) is 16.7 Å². The van der Waals surface area contributed by atoms with E-state index in [0.717, 1.165) is 0 Å². The molecule has 1 saturated heterocycles. The Bertz CT molecular complexity index is 923. The molecule has 0 aromatic heterocycles. The van der Waals surface area contributed by atoms with Gasteiger partial charge in [-0.05, 0) is 29.3 Å². The number of hydrogen-bond acceptors (Lipinski definition) is 2. The molecule has 4 rings (SSSR count). The van der Waals surface area contributed by atoms with Gasteiger partial charge in [-0.15, -0.1) is 0 Å². The Hall–Kier alpha value is -2.80. The van der Waals surface area contributed by atoms with Gasteiger partial charge in [0.05, 0.1) is 13.2 Å². The van der Waals surface area contributed by atoms with Crippen LogP contribution in [0.3, 0.4) is 0 Å². The van der Waals surface area contributed by atoms with Crippen LogP contribution in [0.5, 0.6) is 0 Å². The number of benzene rings is 2. The summed E-state index contributed by atoms with van der Waals surface area (Å²) >= 11 is 0. The highest BCUT2D eigenvalue weighted by Crippen LogP contribution is 2.52. The molecule has 1 aliphatic heterocycles. The minimum absolute atomic E-state index is 0.0987. The number of hydrogen-bond donors (Lipinski definition) is 0. The van der Waals surface area contributed by atoms with Crippen LogP contribution in [0, 0.1) is 13.1 Å². The lowest BCUT2D eigenvalue weighted by Crippen LogP contribution is -2.12. The predicted octanol–water partition coefficient (Wildman–Crippen LogP) is 4.69. The van der Waals surface area contributed by atoms with Crippen molar-refractivity contribution < 1.29 is 18.3 Å². The fraction of sp³-hybridized carbons (Fsp3) is 0.263. The Morgan fingerprint density at radius 3 is 2.20 bits per heavy atom. The molecule has 1 fully saturated rings. The lowest BCUT2D eigenvalue weighted by molar-refractivity contribution is -0.0444. The Labute approximate surface area is 143 Å². The van der Waals surface area contributed by atoms with Gasteiger partial charge in [0.1, 0.15) is 5.56 Å². The van der Waals surface area contributed by atoms with Gasteiger partial charge in [-0.3, -0.25) is 0 Å². The zero-order valence-corrected chi connectivity index (χ0v) is 13.0. The molecule has 4 nitrogen and oxygen atoms in total. The maximum atomic E-state index is 15.0. The SMILES string of the molecule is [C-]#[N+]C([N+]#[C-])c1ccc2c(c1)C(F)(F)c1cc(C3OCCO3)ccc1-2. The van der Waals surface area contributed by atoms with Gasteiger partial charge < -0.3 is 9.47 Å². The van der Waals surface area contributed by atoms with Crippen molar-refractivity contribution in [2.24, 2.45) is 0 Å². The molecular weight excluding hydrogens is 326 g/mol. The van der Waals surface area contributed by atoms with Crippen LogP contribution in [0.1, 0.15) is 34.7 Å². The molecule has 2 aromatic carbocycles. The molecule has 2 aliphatic rings. The summed E-state index contributed by atoms with van der Waals surface area (Å²) in [5.41, 5.74) is 1.47. The highest BCUT2D eigenvalue weighted by molar-refractivity contribution is 5.80. The molecule has 124 valence electrons. The lowest BCUT2D eigenvalue weighted by Gasteiger charge is -2.15. The minimum atomic E-state index is -3.19. The van der Waals surface area contributed by atoms with Crippen molar-refractivity contribution in [1.82, 2.24) is 0 Å². The van der Waals surface area contributed by atoms with Crippen LogP contribution in [-0.2, 0) is 15.4 Å². The molecule has 1 heterocycles. The molecule has 0 N–H and O–H groups in total. The van der Waals surface area contributed by atoms with E-state index in [1.54, 1.807) is 24.3 Å². The van der Waals surface area contributed by atoms with Gasteiger partial charge in [0.25, 0.3) is 5.92 Å². The maximum Gasteiger partial charge on any atom is 0.502 e. The quantitative estimate of drug-likeness (QED) is 0.743. The first-order valence-electron chi connectivity index (χ1n) is 7.69. The van der Waals surface area contributed by atoms with E-state index in [-0.39, 0.29) is 11.1 Å².